The van der Waals surface area contributed by atoms with Crippen molar-refractivity contribution in [2.24, 2.45) is 5.73 Å². The van der Waals surface area contributed by atoms with Crippen molar-refractivity contribution in [2.45, 2.75) is 13.8 Å². The maximum atomic E-state index is 13.0. The van der Waals surface area contributed by atoms with Gasteiger partial charge in [-0.05, 0) is 49.2 Å². The Bertz CT molecular complexity index is 1190. The molecule has 2 aromatic heterocycles. The van der Waals surface area contributed by atoms with Crippen LogP contribution in [0.5, 0.6) is 11.6 Å². The molecule has 0 unspecified atom stereocenters. The number of pyridine rings is 1. The van der Waals surface area contributed by atoms with E-state index < -0.39 is 11.5 Å². The first-order valence-electron chi connectivity index (χ1n) is 8.09. The van der Waals surface area contributed by atoms with Gasteiger partial charge in [-0.25, -0.2) is 0 Å². The lowest BCUT2D eigenvalue weighted by atomic mass is 10.1. The van der Waals surface area contributed by atoms with E-state index in [1.165, 1.54) is 4.40 Å². The van der Waals surface area contributed by atoms with Crippen LogP contribution < -0.4 is 16.0 Å². The van der Waals surface area contributed by atoms with E-state index >= 15 is 0 Å². The number of nitrogens with two attached hydrogens (primary N) is 1. The SMILES string of the molecule is Cc1cccc(Oc2nc3c(C)cccn3c(=O)c2/C=C(\C#N)C(N)=O)c1. The van der Waals surface area contributed by atoms with Gasteiger partial charge in [-0.1, -0.05) is 18.2 Å². The molecule has 0 bridgehead atoms. The molecule has 3 aromatic rings. The van der Waals surface area contributed by atoms with Gasteiger partial charge in [0.15, 0.2) is 0 Å². The summed E-state index contributed by atoms with van der Waals surface area (Å²) < 4.78 is 7.16. The lowest BCUT2D eigenvalue weighted by Gasteiger charge is -2.11. The highest BCUT2D eigenvalue weighted by atomic mass is 16.5. The summed E-state index contributed by atoms with van der Waals surface area (Å²) in [6.45, 7) is 3.72. The van der Waals surface area contributed by atoms with Gasteiger partial charge in [-0.15, -0.1) is 0 Å². The Hall–Kier alpha value is -3.92. The molecule has 0 aliphatic rings. The topological polar surface area (TPSA) is 110 Å². The van der Waals surface area contributed by atoms with Crippen LogP contribution >= 0.6 is 0 Å². The van der Waals surface area contributed by atoms with Gasteiger partial charge < -0.3 is 10.5 Å². The molecule has 0 aliphatic carbocycles. The summed E-state index contributed by atoms with van der Waals surface area (Å²) in [6, 6.07) is 12.4. The Labute approximate surface area is 155 Å². The fourth-order valence-corrected chi connectivity index (χ4v) is 2.59. The van der Waals surface area contributed by atoms with Crippen molar-refractivity contribution in [1.82, 2.24) is 9.38 Å². The molecule has 0 saturated heterocycles. The number of aryl methyl sites for hydroxylation is 2. The second-order valence-corrected chi connectivity index (χ2v) is 5.97. The van der Waals surface area contributed by atoms with Crippen molar-refractivity contribution >= 4 is 17.6 Å². The molecule has 134 valence electrons. The van der Waals surface area contributed by atoms with Crippen molar-refractivity contribution in [3.63, 3.8) is 0 Å². The summed E-state index contributed by atoms with van der Waals surface area (Å²) in [5, 5.41) is 9.13. The van der Waals surface area contributed by atoms with Gasteiger partial charge in [0, 0.05) is 6.20 Å². The van der Waals surface area contributed by atoms with Gasteiger partial charge in [0.2, 0.25) is 5.88 Å². The second-order valence-electron chi connectivity index (χ2n) is 5.97. The summed E-state index contributed by atoms with van der Waals surface area (Å²) >= 11 is 0. The standard InChI is InChI=1S/C20H16N4O3/c1-12-5-3-7-15(9-12)27-19-16(10-14(11-21)17(22)25)20(26)24-8-4-6-13(2)18(24)23-19/h3-10H,1-2H3,(H2,22,25)/b14-10+. The van der Waals surface area contributed by atoms with E-state index in [4.69, 9.17) is 15.7 Å². The maximum absolute atomic E-state index is 13.0. The zero-order valence-corrected chi connectivity index (χ0v) is 14.8. The van der Waals surface area contributed by atoms with Crippen molar-refractivity contribution < 1.29 is 9.53 Å². The largest absolute Gasteiger partial charge is 0.438 e. The monoisotopic (exact) mass is 360 g/mol. The Morgan fingerprint density at radius 3 is 2.74 bits per heavy atom. The number of rotatable bonds is 4. The van der Waals surface area contributed by atoms with Gasteiger partial charge in [0.05, 0.1) is 0 Å². The smallest absolute Gasteiger partial charge is 0.269 e. The average Bonchev–Trinajstić information content (AvgIpc) is 2.62. The molecular formula is C20H16N4O3. The van der Waals surface area contributed by atoms with Gasteiger partial charge >= 0.3 is 0 Å². The van der Waals surface area contributed by atoms with E-state index in [2.05, 4.69) is 4.98 Å². The van der Waals surface area contributed by atoms with E-state index in [1.54, 1.807) is 30.5 Å². The minimum absolute atomic E-state index is 0.00565. The number of carbonyl (C=O) groups excluding carboxylic acids is 1. The molecule has 2 heterocycles. The lowest BCUT2D eigenvalue weighted by molar-refractivity contribution is -0.114. The van der Waals surface area contributed by atoms with E-state index in [1.807, 2.05) is 32.0 Å². The molecule has 7 nitrogen and oxygen atoms in total. The minimum Gasteiger partial charge on any atom is -0.438 e. The predicted octanol–water partition coefficient (Wildman–Crippen LogP) is 2.50. The van der Waals surface area contributed by atoms with Gasteiger partial charge in [-0.3, -0.25) is 14.0 Å². The Morgan fingerprint density at radius 1 is 1.30 bits per heavy atom. The van der Waals surface area contributed by atoms with Crippen LogP contribution in [0.3, 0.4) is 0 Å². The number of aromatic nitrogens is 2. The summed E-state index contributed by atoms with van der Waals surface area (Å²) in [5.41, 5.74) is 6.49. The van der Waals surface area contributed by atoms with Crippen LogP contribution in [0.25, 0.3) is 11.7 Å². The molecule has 0 radical (unpaired) electrons. The van der Waals surface area contributed by atoms with Gasteiger partial charge in [0.1, 0.15) is 28.6 Å². The Balaban J connectivity index is 2.30. The molecule has 0 spiro atoms. The number of fused-ring (bicyclic) bond motifs is 1. The lowest BCUT2D eigenvalue weighted by Crippen LogP contribution is -2.20. The molecular weight excluding hydrogens is 344 g/mol. The zero-order chi connectivity index (χ0) is 19.6. The van der Waals surface area contributed by atoms with Crippen LogP contribution in [0.1, 0.15) is 16.7 Å². The molecule has 0 fully saturated rings. The van der Waals surface area contributed by atoms with E-state index in [-0.39, 0.29) is 17.0 Å². The Kier molecular flexibility index (Phi) is 4.73. The molecule has 3 rings (SSSR count). The third-order valence-corrected chi connectivity index (χ3v) is 3.93. The number of hydrogen-bond acceptors (Lipinski definition) is 5. The molecule has 27 heavy (non-hydrogen) atoms. The fraction of sp³-hybridized carbons (Fsp3) is 0.100. The second kappa shape index (κ2) is 7.14. The summed E-state index contributed by atoms with van der Waals surface area (Å²) in [5.74, 6) is -0.464. The molecule has 0 atom stereocenters. The predicted molar refractivity (Wildman–Crippen MR) is 100 cm³/mol. The highest BCUT2D eigenvalue weighted by molar-refractivity contribution is 6.00. The van der Waals surface area contributed by atoms with E-state index in [9.17, 15) is 9.59 Å². The van der Waals surface area contributed by atoms with E-state index in [0.717, 1.165) is 17.2 Å². The van der Waals surface area contributed by atoms with E-state index in [0.29, 0.717) is 11.4 Å². The first-order valence-corrected chi connectivity index (χ1v) is 8.09. The number of ether oxygens (including phenoxy) is 1. The van der Waals surface area contributed by atoms with Gasteiger partial charge in [0.25, 0.3) is 11.5 Å². The van der Waals surface area contributed by atoms with Crippen LogP contribution in [0.2, 0.25) is 0 Å². The van der Waals surface area contributed by atoms with Crippen LogP contribution in [0.15, 0.2) is 53.0 Å². The quantitative estimate of drug-likeness (QED) is 0.568. The summed E-state index contributed by atoms with van der Waals surface area (Å²) in [4.78, 5) is 28.9. The minimum atomic E-state index is -0.937. The number of primary amides is 1. The summed E-state index contributed by atoms with van der Waals surface area (Å²) in [7, 11) is 0. The van der Waals surface area contributed by atoms with Crippen molar-refractivity contribution in [1.29, 1.82) is 5.26 Å². The third-order valence-electron chi connectivity index (χ3n) is 3.93. The summed E-state index contributed by atoms with van der Waals surface area (Å²) in [6.07, 6.45) is 2.67. The fourth-order valence-electron chi connectivity index (χ4n) is 2.59. The molecule has 0 saturated carbocycles. The number of hydrogen-bond donors (Lipinski definition) is 1. The normalized spacial score (nSPS) is 11.2. The number of nitrogens with zero attached hydrogens (tertiary/aromatic N) is 3. The van der Waals surface area contributed by atoms with Crippen LogP contribution in [0, 0.1) is 25.2 Å². The molecule has 2 N–H and O–H groups in total. The molecule has 7 heteroatoms. The maximum Gasteiger partial charge on any atom is 0.269 e. The van der Waals surface area contributed by atoms with Crippen LogP contribution in [0.4, 0.5) is 0 Å². The number of benzene rings is 1. The molecule has 1 aromatic carbocycles. The number of nitriles is 1. The van der Waals surface area contributed by atoms with Crippen LogP contribution in [-0.2, 0) is 4.79 Å². The first-order chi connectivity index (χ1) is 12.9. The van der Waals surface area contributed by atoms with Crippen molar-refractivity contribution in [3.05, 3.63) is 75.2 Å². The number of carbonyl (C=O) groups is 1. The van der Waals surface area contributed by atoms with Crippen molar-refractivity contribution in [3.8, 4) is 17.7 Å². The van der Waals surface area contributed by atoms with Gasteiger partial charge in [-0.2, -0.15) is 10.2 Å². The first kappa shape index (κ1) is 17.9. The zero-order valence-electron chi connectivity index (χ0n) is 14.8. The molecule has 0 aliphatic heterocycles. The average molecular weight is 360 g/mol. The highest BCUT2D eigenvalue weighted by Gasteiger charge is 2.17. The van der Waals surface area contributed by atoms with Crippen LogP contribution in [-0.4, -0.2) is 15.3 Å². The number of amides is 1. The third kappa shape index (κ3) is 3.55. The van der Waals surface area contributed by atoms with Crippen molar-refractivity contribution in [2.75, 3.05) is 0 Å². The molecule has 1 amide bonds. The Morgan fingerprint density at radius 2 is 2.07 bits per heavy atom. The highest BCUT2D eigenvalue weighted by Crippen LogP contribution is 2.25.